The van der Waals surface area contributed by atoms with E-state index in [4.69, 9.17) is 14.2 Å². The topological polar surface area (TPSA) is 57.1 Å². The first-order valence-corrected chi connectivity index (χ1v) is 9.25. The van der Waals surface area contributed by atoms with E-state index in [0.29, 0.717) is 22.6 Å². The number of halogens is 1. The van der Waals surface area contributed by atoms with Gasteiger partial charge in [-0.25, -0.2) is 14.2 Å². The van der Waals surface area contributed by atoms with E-state index in [1.165, 1.54) is 6.07 Å². The van der Waals surface area contributed by atoms with Crippen LogP contribution in [0.5, 0.6) is 11.5 Å². The molecule has 1 aliphatic heterocycles. The van der Waals surface area contributed by atoms with Crippen LogP contribution in [0.1, 0.15) is 16.7 Å². The molecule has 5 nitrogen and oxygen atoms in total. The zero-order valence-corrected chi connectivity index (χ0v) is 16.2. The van der Waals surface area contributed by atoms with Crippen LogP contribution in [-0.2, 0) is 16.1 Å². The van der Waals surface area contributed by atoms with Gasteiger partial charge in [0.2, 0.25) is 5.90 Å². The van der Waals surface area contributed by atoms with E-state index in [-0.39, 0.29) is 24.0 Å². The van der Waals surface area contributed by atoms with E-state index in [2.05, 4.69) is 4.99 Å². The van der Waals surface area contributed by atoms with Crippen molar-refractivity contribution in [2.75, 3.05) is 7.11 Å². The monoisotopic (exact) mass is 403 g/mol. The van der Waals surface area contributed by atoms with Gasteiger partial charge in [0.15, 0.2) is 5.70 Å². The summed E-state index contributed by atoms with van der Waals surface area (Å²) in [7, 11) is 1.58. The number of methoxy groups -OCH3 is 1. The number of aliphatic imine (C=N–C) groups is 1. The molecular formula is C24H18FNO4. The van der Waals surface area contributed by atoms with Gasteiger partial charge in [0.05, 0.1) is 7.11 Å². The molecule has 150 valence electrons. The predicted molar refractivity (Wildman–Crippen MR) is 111 cm³/mol. The molecule has 0 aliphatic carbocycles. The molecule has 3 aromatic carbocycles. The van der Waals surface area contributed by atoms with Crippen molar-refractivity contribution < 1.29 is 23.4 Å². The van der Waals surface area contributed by atoms with Crippen LogP contribution in [-0.4, -0.2) is 19.0 Å². The van der Waals surface area contributed by atoms with Crippen LogP contribution in [0, 0.1) is 5.82 Å². The highest BCUT2D eigenvalue weighted by Gasteiger charge is 2.24. The molecule has 0 radical (unpaired) electrons. The van der Waals surface area contributed by atoms with Crippen molar-refractivity contribution in [3.8, 4) is 11.5 Å². The fourth-order valence-corrected chi connectivity index (χ4v) is 2.86. The third-order valence-corrected chi connectivity index (χ3v) is 4.49. The molecule has 0 saturated heterocycles. The quantitative estimate of drug-likeness (QED) is 0.440. The Bertz CT molecular complexity index is 1120. The lowest BCUT2D eigenvalue weighted by molar-refractivity contribution is -0.129. The molecule has 0 amide bonds. The minimum absolute atomic E-state index is 0.134. The van der Waals surface area contributed by atoms with E-state index >= 15 is 0 Å². The number of hydrogen-bond acceptors (Lipinski definition) is 5. The number of benzene rings is 3. The van der Waals surface area contributed by atoms with E-state index in [0.717, 1.165) is 5.56 Å². The molecule has 0 atom stereocenters. The van der Waals surface area contributed by atoms with Gasteiger partial charge >= 0.3 is 5.97 Å². The normalized spacial score (nSPS) is 14.4. The van der Waals surface area contributed by atoms with Crippen LogP contribution in [0.3, 0.4) is 0 Å². The van der Waals surface area contributed by atoms with Gasteiger partial charge in [-0.2, -0.15) is 0 Å². The highest BCUT2D eigenvalue weighted by Crippen LogP contribution is 2.22. The molecule has 0 fully saturated rings. The third kappa shape index (κ3) is 4.38. The van der Waals surface area contributed by atoms with Crippen LogP contribution in [0.2, 0.25) is 0 Å². The Hall–Kier alpha value is -3.93. The number of ether oxygens (including phenoxy) is 3. The lowest BCUT2D eigenvalue weighted by Gasteiger charge is -2.07. The average molecular weight is 403 g/mol. The Morgan fingerprint density at radius 2 is 1.67 bits per heavy atom. The summed E-state index contributed by atoms with van der Waals surface area (Å²) >= 11 is 0. The number of cyclic esters (lactones) is 1. The van der Waals surface area contributed by atoms with Crippen molar-refractivity contribution in [3.63, 3.8) is 0 Å². The molecule has 0 unspecified atom stereocenters. The van der Waals surface area contributed by atoms with Gasteiger partial charge in [0.1, 0.15) is 23.9 Å². The second-order valence-corrected chi connectivity index (χ2v) is 6.51. The zero-order valence-electron chi connectivity index (χ0n) is 16.2. The first-order chi connectivity index (χ1) is 14.6. The number of hydrogen-bond donors (Lipinski definition) is 0. The minimum Gasteiger partial charge on any atom is -0.497 e. The number of rotatable bonds is 6. The van der Waals surface area contributed by atoms with Gasteiger partial charge in [0, 0.05) is 11.1 Å². The van der Waals surface area contributed by atoms with Crippen molar-refractivity contribution in [1.29, 1.82) is 0 Å². The van der Waals surface area contributed by atoms with E-state index in [1.54, 1.807) is 79.9 Å². The largest absolute Gasteiger partial charge is 0.497 e. The summed E-state index contributed by atoms with van der Waals surface area (Å²) in [5.41, 5.74) is 2.14. The number of nitrogens with zero attached hydrogens (tertiary/aromatic N) is 1. The second-order valence-electron chi connectivity index (χ2n) is 6.51. The zero-order chi connectivity index (χ0) is 20.9. The molecule has 6 heteroatoms. The summed E-state index contributed by atoms with van der Waals surface area (Å²) in [5, 5.41) is 0. The van der Waals surface area contributed by atoms with Gasteiger partial charge < -0.3 is 14.2 Å². The van der Waals surface area contributed by atoms with Crippen molar-refractivity contribution in [2.24, 2.45) is 4.99 Å². The molecule has 1 heterocycles. The summed E-state index contributed by atoms with van der Waals surface area (Å²) in [5.74, 6) is 0.733. The van der Waals surface area contributed by atoms with Crippen molar-refractivity contribution in [2.45, 2.75) is 6.61 Å². The Morgan fingerprint density at radius 1 is 0.967 bits per heavy atom. The molecule has 1 aliphatic rings. The summed E-state index contributed by atoms with van der Waals surface area (Å²) in [6.07, 6.45) is 1.64. The van der Waals surface area contributed by atoms with Crippen LogP contribution < -0.4 is 9.47 Å². The average Bonchev–Trinajstić information content (AvgIpc) is 3.14. The molecule has 3 aromatic rings. The maximum absolute atomic E-state index is 13.7. The van der Waals surface area contributed by atoms with Crippen LogP contribution in [0.4, 0.5) is 4.39 Å². The smallest absolute Gasteiger partial charge is 0.363 e. The Morgan fingerprint density at radius 3 is 2.37 bits per heavy atom. The summed E-state index contributed by atoms with van der Waals surface area (Å²) in [6.45, 7) is 0.134. The molecule has 0 saturated carbocycles. The molecule has 0 N–H and O–H groups in total. The van der Waals surface area contributed by atoms with Crippen molar-refractivity contribution >= 4 is 17.9 Å². The first-order valence-electron chi connectivity index (χ1n) is 9.25. The second kappa shape index (κ2) is 8.61. The van der Waals surface area contributed by atoms with Gasteiger partial charge in [-0.15, -0.1) is 0 Å². The lowest BCUT2D eigenvalue weighted by atomic mass is 10.2. The molecule has 4 rings (SSSR count). The first kappa shape index (κ1) is 19.4. The molecule has 0 bridgehead atoms. The van der Waals surface area contributed by atoms with E-state index in [1.807, 2.05) is 0 Å². The fraction of sp³-hybridized carbons (Fsp3) is 0.0833. The highest BCUT2D eigenvalue weighted by molar-refractivity contribution is 6.12. The van der Waals surface area contributed by atoms with E-state index < -0.39 is 5.97 Å². The summed E-state index contributed by atoms with van der Waals surface area (Å²) in [4.78, 5) is 16.4. The lowest BCUT2D eigenvalue weighted by Crippen LogP contribution is -2.05. The van der Waals surface area contributed by atoms with Crippen LogP contribution >= 0.6 is 0 Å². The van der Waals surface area contributed by atoms with Crippen LogP contribution in [0.25, 0.3) is 6.08 Å². The molecular weight excluding hydrogens is 385 g/mol. The molecule has 0 spiro atoms. The predicted octanol–water partition coefficient (Wildman–Crippen LogP) is 4.76. The van der Waals surface area contributed by atoms with Crippen LogP contribution in [0.15, 0.2) is 83.5 Å². The Balaban J connectivity index is 1.45. The SMILES string of the molecule is COc1ccc(C2=N/C(=C/c3ccc(OCc4ccccc4F)cc3)C(=O)O2)cc1. The van der Waals surface area contributed by atoms with Gasteiger partial charge in [-0.05, 0) is 54.1 Å². The summed E-state index contributed by atoms with van der Waals surface area (Å²) < 4.78 is 29.7. The van der Waals surface area contributed by atoms with Gasteiger partial charge in [0.25, 0.3) is 0 Å². The number of carbonyl (C=O) groups is 1. The number of carbonyl (C=O) groups excluding carboxylic acids is 1. The maximum Gasteiger partial charge on any atom is 0.363 e. The van der Waals surface area contributed by atoms with Gasteiger partial charge in [-0.1, -0.05) is 30.3 Å². The molecule has 0 aromatic heterocycles. The van der Waals surface area contributed by atoms with Crippen molar-refractivity contribution in [3.05, 3.63) is 101 Å². The molecule has 30 heavy (non-hydrogen) atoms. The fourth-order valence-electron chi connectivity index (χ4n) is 2.86. The van der Waals surface area contributed by atoms with Gasteiger partial charge in [-0.3, -0.25) is 0 Å². The Labute approximate surface area is 173 Å². The highest BCUT2D eigenvalue weighted by atomic mass is 19.1. The van der Waals surface area contributed by atoms with Crippen molar-refractivity contribution in [1.82, 2.24) is 0 Å². The minimum atomic E-state index is -0.513. The number of esters is 1. The third-order valence-electron chi connectivity index (χ3n) is 4.49. The maximum atomic E-state index is 13.7. The van der Waals surface area contributed by atoms with E-state index in [9.17, 15) is 9.18 Å². The standard InChI is InChI=1S/C24H18FNO4/c1-28-19-12-8-17(9-13-19)23-26-22(24(27)30-23)14-16-6-10-20(11-7-16)29-15-18-4-2-3-5-21(18)25/h2-14H,15H2,1H3/b22-14+. The summed E-state index contributed by atoms with van der Waals surface area (Å²) in [6, 6.07) is 20.6. The Kier molecular flexibility index (Phi) is 5.57.